The molecule has 0 heteroatoms. The zero-order valence-corrected chi connectivity index (χ0v) is 8.15. The normalized spacial score (nSPS) is 9.00. The fourth-order valence-corrected chi connectivity index (χ4v) is 1.25. The predicted molar refractivity (Wildman–Crippen MR) is 53.2 cm³/mol. The molecule has 0 unspecified atom stereocenters. The van der Waals surface area contributed by atoms with Crippen LogP contribution in [0.25, 0.3) is 0 Å². The number of rotatable bonds is 0. The van der Waals surface area contributed by atoms with Crippen LogP contribution < -0.4 is 0 Å². The zero-order valence-electron chi connectivity index (χ0n) is 8.15. The molecule has 1 aromatic rings. The topological polar surface area (TPSA) is 0 Å². The van der Waals surface area contributed by atoms with E-state index in [4.69, 9.17) is 0 Å². The van der Waals surface area contributed by atoms with Gasteiger partial charge < -0.3 is 0 Å². The molecule has 0 nitrogen and oxygen atoms in total. The van der Waals surface area contributed by atoms with Gasteiger partial charge in [0.05, 0.1) is 0 Å². The maximum Gasteiger partial charge on any atom is 0.0250 e. The van der Waals surface area contributed by atoms with Crippen LogP contribution in [0.15, 0.2) is 12.1 Å². The Balaban J connectivity index is 3.27. The smallest absolute Gasteiger partial charge is 0.0250 e. The highest BCUT2D eigenvalue weighted by Crippen LogP contribution is 2.14. The number of aryl methyl sites for hydroxylation is 2. The van der Waals surface area contributed by atoms with Crippen molar-refractivity contribution in [1.29, 1.82) is 0 Å². The van der Waals surface area contributed by atoms with E-state index >= 15 is 0 Å². The molecule has 12 heavy (non-hydrogen) atoms. The first-order valence-corrected chi connectivity index (χ1v) is 4.15. The predicted octanol–water partition coefficient (Wildman–Crippen LogP) is 2.98. The Hall–Kier alpha value is -1.22. The lowest BCUT2D eigenvalue weighted by Crippen LogP contribution is -1.88. The van der Waals surface area contributed by atoms with Gasteiger partial charge in [-0.1, -0.05) is 5.92 Å². The Kier molecular flexibility index (Phi) is 2.55. The van der Waals surface area contributed by atoms with Crippen LogP contribution in [0.4, 0.5) is 0 Å². The lowest BCUT2D eigenvalue weighted by atomic mass is 10.0. The van der Waals surface area contributed by atoms with Gasteiger partial charge in [-0.15, -0.1) is 5.92 Å². The highest BCUT2D eigenvalue weighted by atomic mass is 14.0. The van der Waals surface area contributed by atoms with E-state index in [-0.39, 0.29) is 0 Å². The third-order valence-corrected chi connectivity index (χ3v) is 2.20. The van der Waals surface area contributed by atoms with Crippen molar-refractivity contribution in [2.45, 2.75) is 27.7 Å². The summed E-state index contributed by atoms with van der Waals surface area (Å²) in [5.74, 6) is 5.97. The number of benzene rings is 1. The Labute approximate surface area is 74.6 Å². The fourth-order valence-electron chi connectivity index (χ4n) is 1.25. The summed E-state index contributed by atoms with van der Waals surface area (Å²) in [6.07, 6.45) is 0. The van der Waals surface area contributed by atoms with E-state index in [0.29, 0.717) is 0 Å². The van der Waals surface area contributed by atoms with Gasteiger partial charge in [0.15, 0.2) is 0 Å². The highest BCUT2D eigenvalue weighted by molar-refractivity contribution is 5.44. The van der Waals surface area contributed by atoms with Crippen LogP contribution in [0.1, 0.15) is 29.2 Å². The van der Waals surface area contributed by atoms with Crippen molar-refractivity contribution >= 4 is 0 Å². The largest absolute Gasteiger partial charge is 0.101 e. The van der Waals surface area contributed by atoms with Crippen molar-refractivity contribution in [1.82, 2.24) is 0 Å². The molecule has 0 atom stereocenters. The van der Waals surface area contributed by atoms with Crippen LogP contribution in [0.5, 0.6) is 0 Å². The van der Waals surface area contributed by atoms with E-state index in [1.54, 1.807) is 0 Å². The van der Waals surface area contributed by atoms with Gasteiger partial charge in [0, 0.05) is 5.56 Å². The van der Waals surface area contributed by atoms with Gasteiger partial charge in [-0.3, -0.25) is 0 Å². The van der Waals surface area contributed by atoms with Crippen molar-refractivity contribution in [2.24, 2.45) is 0 Å². The van der Waals surface area contributed by atoms with Gasteiger partial charge in [0.2, 0.25) is 0 Å². The van der Waals surface area contributed by atoms with E-state index in [1.807, 2.05) is 6.92 Å². The van der Waals surface area contributed by atoms with Gasteiger partial charge in [0.25, 0.3) is 0 Å². The van der Waals surface area contributed by atoms with Crippen molar-refractivity contribution in [3.8, 4) is 11.8 Å². The first kappa shape index (κ1) is 8.87. The van der Waals surface area contributed by atoms with Gasteiger partial charge in [0.1, 0.15) is 0 Å². The standard InChI is InChI=1S/C12H14/c1-5-6-12-7-9(2)11(4)10(3)8-12/h7-8H,1-4H3. The zero-order chi connectivity index (χ0) is 9.14. The molecule has 0 aliphatic rings. The van der Waals surface area contributed by atoms with E-state index in [9.17, 15) is 0 Å². The summed E-state index contributed by atoms with van der Waals surface area (Å²) in [6.45, 7) is 8.27. The van der Waals surface area contributed by atoms with Crippen molar-refractivity contribution in [3.05, 3.63) is 34.4 Å². The monoisotopic (exact) mass is 158 g/mol. The third kappa shape index (κ3) is 1.68. The van der Waals surface area contributed by atoms with E-state index in [1.165, 1.54) is 16.7 Å². The van der Waals surface area contributed by atoms with Crippen LogP contribution in [-0.2, 0) is 0 Å². The molecule has 1 rings (SSSR count). The van der Waals surface area contributed by atoms with Crippen molar-refractivity contribution < 1.29 is 0 Å². The maximum atomic E-state index is 3.07. The minimum Gasteiger partial charge on any atom is -0.101 e. The maximum absolute atomic E-state index is 3.07. The van der Waals surface area contributed by atoms with Crippen LogP contribution >= 0.6 is 0 Å². The van der Waals surface area contributed by atoms with Gasteiger partial charge in [-0.2, -0.15) is 0 Å². The van der Waals surface area contributed by atoms with Crippen molar-refractivity contribution in [2.75, 3.05) is 0 Å². The Morgan fingerprint density at radius 1 is 1.00 bits per heavy atom. The molecule has 0 amide bonds. The molecule has 0 aliphatic heterocycles. The SMILES string of the molecule is CC#Cc1cc(C)c(C)c(C)c1. The summed E-state index contributed by atoms with van der Waals surface area (Å²) in [5, 5.41) is 0. The second-order valence-electron chi connectivity index (χ2n) is 3.11. The van der Waals surface area contributed by atoms with Gasteiger partial charge in [-0.25, -0.2) is 0 Å². The molecule has 0 bridgehead atoms. The molecule has 0 saturated carbocycles. The van der Waals surface area contributed by atoms with Crippen LogP contribution in [0.3, 0.4) is 0 Å². The first-order chi connectivity index (χ1) is 5.65. The molecule has 0 N–H and O–H groups in total. The molecule has 0 aromatic heterocycles. The Bertz CT molecular complexity index is 325. The lowest BCUT2D eigenvalue weighted by Gasteiger charge is -2.04. The minimum atomic E-state index is 1.12. The second-order valence-corrected chi connectivity index (χ2v) is 3.11. The minimum absolute atomic E-state index is 1.12. The summed E-state index contributed by atoms with van der Waals surface area (Å²) in [6, 6.07) is 4.28. The number of hydrogen-bond donors (Lipinski definition) is 0. The summed E-state index contributed by atoms with van der Waals surface area (Å²) >= 11 is 0. The molecule has 62 valence electrons. The van der Waals surface area contributed by atoms with Gasteiger partial charge >= 0.3 is 0 Å². The molecule has 0 spiro atoms. The molecule has 1 aromatic carbocycles. The molecular formula is C12H14. The Morgan fingerprint density at radius 2 is 1.50 bits per heavy atom. The van der Waals surface area contributed by atoms with Crippen LogP contribution in [0.2, 0.25) is 0 Å². The molecule has 0 fully saturated rings. The van der Waals surface area contributed by atoms with Crippen LogP contribution in [-0.4, -0.2) is 0 Å². The van der Waals surface area contributed by atoms with Crippen molar-refractivity contribution in [3.63, 3.8) is 0 Å². The Morgan fingerprint density at radius 3 is 1.92 bits per heavy atom. The molecule has 0 aliphatic carbocycles. The quantitative estimate of drug-likeness (QED) is 0.509. The fraction of sp³-hybridized carbons (Fsp3) is 0.333. The summed E-state index contributed by atoms with van der Waals surface area (Å²) in [4.78, 5) is 0. The average Bonchev–Trinajstić information content (AvgIpc) is 2.01. The summed E-state index contributed by atoms with van der Waals surface area (Å²) in [5.41, 5.74) is 5.15. The van der Waals surface area contributed by atoms with Crippen LogP contribution in [0, 0.1) is 32.6 Å². The average molecular weight is 158 g/mol. The summed E-state index contributed by atoms with van der Waals surface area (Å²) < 4.78 is 0. The molecule has 0 radical (unpaired) electrons. The highest BCUT2D eigenvalue weighted by Gasteiger charge is 1.97. The summed E-state index contributed by atoms with van der Waals surface area (Å²) in [7, 11) is 0. The first-order valence-electron chi connectivity index (χ1n) is 4.15. The second kappa shape index (κ2) is 3.45. The lowest BCUT2D eigenvalue weighted by molar-refractivity contribution is 1.26. The van der Waals surface area contributed by atoms with E-state index in [2.05, 4.69) is 44.7 Å². The molecule has 0 heterocycles. The van der Waals surface area contributed by atoms with E-state index in [0.717, 1.165) is 5.56 Å². The van der Waals surface area contributed by atoms with E-state index < -0.39 is 0 Å². The number of hydrogen-bond acceptors (Lipinski definition) is 0. The molecular weight excluding hydrogens is 144 g/mol. The molecule has 0 saturated heterocycles. The third-order valence-electron chi connectivity index (χ3n) is 2.20. The van der Waals surface area contributed by atoms with Gasteiger partial charge in [-0.05, 0) is 56.5 Å².